The number of hydrogen-bond acceptors (Lipinski definition) is 4. The van der Waals surface area contributed by atoms with Gasteiger partial charge in [-0.15, -0.1) is 0 Å². The third-order valence-electron chi connectivity index (χ3n) is 3.83. The average molecular weight is 322 g/mol. The summed E-state index contributed by atoms with van der Waals surface area (Å²) in [6.07, 6.45) is 1.53. The van der Waals surface area contributed by atoms with Crippen molar-refractivity contribution in [1.82, 2.24) is 14.5 Å². The van der Waals surface area contributed by atoms with Gasteiger partial charge in [0.05, 0.1) is 7.11 Å². The van der Waals surface area contributed by atoms with E-state index < -0.39 is 0 Å². The minimum Gasteiger partial charge on any atom is -0.481 e. The standard InChI is InChI=1S/C17H18N6O/c1-3-15-20-14-8-9-16(24-2)21-17(14)23(15)13-6-4-12(5-7-13)10-11-19-22-18/h4-9H,3,10-11H2,1-2H3. The third-order valence-corrected chi connectivity index (χ3v) is 3.83. The molecule has 2 aromatic heterocycles. The van der Waals surface area contributed by atoms with E-state index in [-0.39, 0.29) is 0 Å². The fourth-order valence-electron chi connectivity index (χ4n) is 2.64. The zero-order chi connectivity index (χ0) is 16.9. The minimum absolute atomic E-state index is 0.461. The lowest BCUT2D eigenvalue weighted by Crippen LogP contribution is -2.02. The summed E-state index contributed by atoms with van der Waals surface area (Å²) < 4.78 is 7.29. The van der Waals surface area contributed by atoms with E-state index >= 15 is 0 Å². The van der Waals surface area contributed by atoms with Gasteiger partial charge in [0.1, 0.15) is 11.3 Å². The molecule has 1 aromatic carbocycles. The van der Waals surface area contributed by atoms with Gasteiger partial charge in [-0.25, -0.2) is 4.98 Å². The van der Waals surface area contributed by atoms with Crippen LogP contribution in [0.4, 0.5) is 0 Å². The van der Waals surface area contributed by atoms with Gasteiger partial charge in [0.25, 0.3) is 0 Å². The molecular weight excluding hydrogens is 304 g/mol. The zero-order valence-electron chi connectivity index (χ0n) is 13.7. The van der Waals surface area contributed by atoms with Gasteiger partial charge in [-0.2, -0.15) is 4.98 Å². The number of nitrogens with zero attached hydrogens (tertiary/aromatic N) is 6. The molecular formula is C17H18N6O. The molecule has 0 aliphatic carbocycles. The topological polar surface area (TPSA) is 88.7 Å². The van der Waals surface area contributed by atoms with Crippen molar-refractivity contribution in [2.24, 2.45) is 5.11 Å². The van der Waals surface area contributed by atoms with Crippen molar-refractivity contribution in [1.29, 1.82) is 0 Å². The Morgan fingerprint density at radius 1 is 1.17 bits per heavy atom. The lowest BCUT2D eigenvalue weighted by Gasteiger charge is -2.09. The number of rotatable bonds is 6. The van der Waals surface area contributed by atoms with Crippen molar-refractivity contribution in [3.05, 3.63) is 58.2 Å². The second-order valence-corrected chi connectivity index (χ2v) is 5.28. The monoisotopic (exact) mass is 322 g/mol. The second-order valence-electron chi connectivity index (χ2n) is 5.28. The van der Waals surface area contributed by atoms with Gasteiger partial charge in [0.2, 0.25) is 5.88 Å². The summed E-state index contributed by atoms with van der Waals surface area (Å²) in [7, 11) is 1.61. The highest BCUT2D eigenvalue weighted by Crippen LogP contribution is 2.23. The van der Waals surface area contributed by atoms with E-state index in [4.69, 9.17) is 10.3 Å². The van der Waals surface area contributed by atoms with Crippen LogP contribution in [0.25, 0.3) is 27.3 Å². The highest BCUT2D eigenvalue weighted by Gasteiger charge is 2.13. The molecule has 0 N–H and O–H groups in total. The fraction of sp³-hybridized carbons (Fsp3) is 0.294. The van der Waals surface area contributed by atoms with E-state index in [1.54, 1.807) is 7.11 Å². The number of azide groups is 1. The number of benzene rings is 1. The first-order valence-corrected chi connectivity index (χ1v) is 7.79. The molecule has 3 aromatic rings. The molecule has 0 unspecified atom stereocenters. The Hall–Kier alpha value is -3.05. The quantitative estimate of drug-likeness (QED) is 0.392. The van der Waals surface area contributed by atoms with E-state index in [9.17, 15) is 0 Å². The van der Waals surface area contributed by atoms with Crippen molar-refractivity contribution < 1.29 is 4.74 Å². The van der Waals surface area contributed by atoms with Crippen molar-refractivity contribution in [3.8, 4) is 11.6 Å². The summed E-state index contributed by atoms with van der Waals surface area (Å²) in [6.45, 7) is 2.53. The van der Waals surface area contributed by atoms with Crippen molar-refractivity contribution in [2.75, 3.05) is 13.7 Å². The highest BCUT2D eigenvalue weighted by atomic mass is 16.5. The molecule has 3 rings (SSSR count). The maximum atomic E-state index is 8.35. The first-order chi connectivity index (χ1) is 11.8. The molecule has 0 amide bonds. The van der Waals surface area contributed by atoms with Crippen LogP contribution in [0.5, 0.6) is 5.88 Å². The van der Waals surface area contributed by atoms with Crippen molar-refractivity contribution in [2.45, 2.75) is 19.8 Å². The molecule has 7 heteroatoms. The lowest BCUT2D eigenvalue weighted by atomic mass is 10.1. The SMILES string of the molecule is CCc1nc2ccc(OC)nc2n1-c1ccc(CCN=[N+]=[N-])cc1. The minimum atomic E-state index is 0.461. The van der Waals surface area contributed by atoms with Gasteiger partial charge in [0.15, 0.2) is 5.65 Å². The molecule has 0 aliphatic rings. The molecule has 0 saturated carbocycles. The summed E-state index contributed by atoms with van der Waals surface area (Å²) in [4.78, 5) is 12.0. The lowest BCUT2D eigenvalue weighted by molar-refractivity contribution is 0.399. The Balaban J connectivity index is 2.02. The normalized spacial score (nSPS) is 10.6. The average Bonchev–Trinajstić information content (AvgIpc) is 3.00. The number of hydrogen-bond donors (Lipinski definition) is 0. The molecule has 0 atom stereocenters. The molecule has 0 aliphatic heterocycles. The molecule has 2 heterocycles. The summed E-state index contributed by atoms with van der Waals surface area (Å²) >= 11 is 0. The molecule has 0 bridgehead atoms. The van der Waals surface area contributed by atoms with E-state index in [2.05, 4.69) is 31.5 Å². The van der Waals surface area contributed by atoms with Crippen LogP contribution in [0.3, 0.4) is 0 Å². The second kappa shape index (κ2) is 7.02. The van der Waals surface area contributed by atoms with Crippen LogP contribution in [0.15, 0.2) is 41.5 Å². The maximum absolute atomic E-state index is 8.35. The summed E-state index contributed by atoms with van der Waals surface area (Å²) in [6, 6.07) is 11.9. The van der Waals surface area contributed by atoms with E-state index in [1.807, 2.05) is 36.4 Å². The highest BCUT2D eigenvalue weighted by molar-refractivity contribution is 5.74. The summed E-state index contributed by atoms with van der Waals surface area (Å²) in [5, 5.41) is 3.57. The van der Waals surface area contributed by atoms with Crippen molar-refractivity contribution in [3.63, 3.8) is 0 Å². The molecule has 0 spiro atoms. The number of pyridine rings is 1. The van der Waals surface area contributed by atoms with Gasteiger partial charge in [-0.1, -0.05) is 24.2 Å². The third kappa shape index (κ3) is 3.02. The Kier molecular flexibility index (Phi) is 4.63. The van der Waals surface area contributed by atoms with Crippen molar-refractivity contribution >= 4 is 11.2 Å². The Labute approximate surface area is 139 Å². The van der Waals surface area contributed by atoms with Gasteiger partial charge in [-0.3, -0.25) is 4.57 Å². The maximum Gasteiger partial charge on any atom is 0.215 e. The van der Waals surface area contributed by atoms with Gasteiger partial charge < -0.3 is 4.74 Å². The van der Waals surface area contributed by atoms with Crippen LogP contribution in [0.2, 0.25) is 0 Å². The largest absolute Gasteiger partial charge is 0.481 e. The molecule has 0 fully saturated rings. The first-order valence-electron chi connectivity index (χ1n) is 7.79. The number of methoxy groups -OCH3 is 1. The molecule has 0 saturated heterocycles. The molecule has 122 valence electrons. The number of aromatic nitrogens is 3. The number of ether oxygens (including phenoxy) is 1. The molecule has 24 heavy (non-hydrogen) atoms. The predicted molar refractivity (Wildman–Crippen MR) is 92.5 cm³/mol. The number of fused-ring (bicyclic) bond motifs is 1. The Bertz CT molecular complexity index is 893. The van der Waals surface area contributed by atoms with Gasteiger partial charge in [-0.05, 0) is 35.7 Å². The Morgan fingerprint density at radius 2 is 1.96 bits per heavy atom. The molecule has 7 nitrogen and oxygen atoms in total. The first kappa shape index (κ1) is 15.8. The van der Waals surface area contributed by atoms with Crippen LogP contribution in [0, 0.1) is 0 Å². The smallest absolute Gasteiger partial charge is 0.215 e. The summed E-state index contributed by atoms with van der Waals surface area (Å²) in [5.74, 6) is 1.52. The fourth-order valence-corrected chi connectivity index (χ4v) is 2.64. The number of aryl methyl sites for hydroxylation is 1. The summed E-state index contributed by atoms with van der Waals surface area (Å²) in [5.41, 5.74) is 12.1. The Morgan fingerprint density at radius 3 is 2.62 bits per heavy atom. The van der Waals surface area contributed by atoms with E-state index in [1.165, 1.54) is 0 Å². The van der Waals surface area contributed by atoms with Gasteiger partial charge >= 0.3 is 0 Å². The van der Waals surface area contributed by atoms with Crippen LogP contribution < -0.4 is 4.74 Å². The van der Waals surface area contributed by atoms with Crippen LogP contribution >= 0.6 is 0 Å². The van der Waals surface area contributed by atoms with Crippen LogP contribution in [-0.4, -0.2) is 28.2 Å². The zero-order valence-corrected chi connectivity index (χ0v) is 13.7. The van der Waals surface area contributed by atoms with E-state index in [0.717, 1.165) is 41.1 Å². The predicted octanol–water partition coefficient (Wildman–Crippen LogP) is 3.84. The van der Waals surface area contributed by atoms with Crippen LogP contribution in [-0.2, 0) is 12.8 Å². The van der Waals surface area contributed by atoms with Gasteiger partial charge in [0, 0.05) is 29.6 Å². The van der Waals surface area contributed by atoms with E-state index in [0.29, 0.717) is 12.4 Å². The van der Waals surface area contributed by atoms with Crippen LogP contribution in [0.1, 0.15) is 18.3 Å². The molecule has 0 radical (unpaired) electrons. The number of imidazole rings is 1.